The van der Waals surface area contributed by atoms with Crippen molar-refractivity contribution >= 4 is 48.5 Å². The van der Waals surface area contributed by atoms with E-state index in [1.807, 2.05) is 66.7 Å². The molecule has 0 fully saturated rings. The first-order valence-corrected chi connectivity index (χ1v) is 9.10. The zero-order valence-electron chi connectivity index (χ0n) is 13.7. The first kappa shape index (κ1) is 15.3. The molecule has 0 radical (unpaired) electrons. The van der Waals surface area contributed by atoms with Crippen LogP contribution in [0.25, 0.3) is 38.3 Å². The lowest BCUT2D eigenvalue weighted by molar-refractivity contribution is 1.07. The van der Waals surface area contributed by atoms with Crippen molar-refractivity contribution in [2.75, 3.05) is 0 Å². The van der Waals surface area contributed by atoms with Gasteiger partial charge < -0.3 is 0 Å². The maximum Gasteiger partial charge on any atom is 0.263 e. The van der Waals surface area contributed by atoms with Crippen LogP contribution in [0, 0.1) is 0 Å². The third-order valence-electron chi connectivity index (χ3n) is 4.70. The molecule has 5 rings (SSSR count). The molecule has 0 amide bonds. The van der Waals surface area contributed by atoms with Crippen molar-refractivity contribution in [3.05, 3.63) is 93.8 Å². The smallest absolute Gasteiger partial charge is 0.263 e. The highest BCUT2D eigenvalue weighted by Crippen LogP contribution is 2.28. The van der Waals surface area contributed by atoms with E-state index in [0.29, 0.717) is 5.39 Å². The second-order valence-corrected chi connectivity index (χ2v) is 7.12. The molecule has 3 nitrogen and oxygen atoms in total. The van der Waals surface area contributed by atoms with Crippen LogP contribution < -0.4 is 5.56 Å². The summed E-state index contributed by atoms with van der Waals surface area (Å²) in [6.07, 6.45) is 1.76. The number of halogens is 1. The van der Waals surface area contributed by atoms with E-state index in [0.717, 1.165) is 37.4 Å². The van der Waals surface area contributed by atoms with Gasteiger partial charge in [-0.2, -0.15) is 0 Å². The van der Waals surface area contributed by atoms with Gasteiger partial charge in [0.15, 0.2) is 0 Å². The monoisotopic (exact) mass is 400 g/mol. The fourth-order valence-electron chi connectivity index (χ4n) is 3.56. The topological polar surface area (TPSA) is 34.9 Å². The highest BCUT2D eigenvalue weighted by Gasteiger charge is 2.14. The molecule has 26 heavy (non-hydrogen) atoms. The van der Waals surface area contributed by atoms with Crippen molar-refractivity contribution in [2.45, 2.75) is 0 Å². The van der Waals surface area contributed by atoms with Crippen LogP contribution in [-0.2, 0) is 0 Å². The van der Waals surface area contributed by atoms with Gasteiger partial charge >= 0.3 is 0 Å². The Labute approximate surface area is 157 Å². The van der Waals surface area contributed by atoms with Crippen LogP contribution in [0.2, 0.25) is 0 Å². The van der Waals surface area contributed by atoms with Gasteiger partial charge in [0.2, 0.25) is 0 Å². The number of para-hydroxylation sites is 2. The molecule has 0 aliphatic heterocycles. The minimum atomic E-state index is -0.0434. The molecule has 0 spiro atoms. The van der Waals surface area contributed by atoms with Gasteiger partial charge in [0.05, 0.1) is 16.7 Å². The van der Waals surface area contributed by atoms with Crippen LogP contribution >= 0.6 is 15.9 Å². The molecule has 3 aromatic carbocycles. The summed E-state index contributed by atoms with van der Waals surface area (Å²) < 4.78 is 2.67. The van der Waals surface area contributed by atoms with Crippen LogP contribution in [0.15, 0.2) is 88.3 Å². The fraction of sp³-hybridized carbons (Fsp3) is 0. The third kappa shape index (κ3) is 2.19. The molecule has 0 aliphatic rings. The summed E-state index contributed by atoms with van der Waals surface area (Å²) in [7, 11) is 0. The molecule has 0 aliphatic carbocycles. The van der Waals surface area contributed by atoms with Gasteiger partial charge in [-0.1, -0.05) is 58.4 Å². The molecular formula is C22H13BrN2O. The third-order valence-corrected chi connectivity index (χ3v) is 5.20. The van der Waals surface area contributed by atoms with Crippen molar-refractivity contribution in [1.29, 1.82) is 0 Å². The zero-order chi connectivity index (χ0) is 17.7. The van der Waals surface area contributed by atoms with E-state index in [2.05, 4.69) is 27.0 Å². The van der Waals surface area contributed by atoms with Crippen LogP contribution in [0.1, 0.15) is 0 Å². The Morgan fingerprint density at radius 3 is 2.58 bits per heavy atom. The maximum absolute atomic E-state index is 13.5. The van der Waals surface area contributed by atoms with Crippen molar-refractivity contribution in [3.8, 4) is 5.69 Å². The van der Waals surface area contributed by atoms with Crippen LogP contribution in [0.4, 0.5) is 0 Å². The summed E-state index contributed by atoms with van der Waals surface area (Å²) in [4.78, 5) is 18.0. The molecule has 124 valence electrons. The predicted molar refractivity (Wildman–Crippen MR) is 110 cm³/mol. The Bertz CT molecular complexity index is 1370. The van der Waals surface area contributed by atoms with Crippen molar-refractivity contribution in [2.24, 2.45) is 0 Å². The highest BCUT2D eigenvalue weighted by atomic mass is 79.9. The van der Waals surface area contributed by atoms with E-state index in [4.69, 9.17) is 0 Å². The largest absolute Gasteiger partial charge is 0.274 e. The van der Waals surface area contributed by atoms with Crippen molar-refractivity contribution in [3.63, 3.8) is 0 Å². The number of hydrogen-bond acceptors (Lipinski definition) is 2. The predicted octanol–water partition coefficient (Wildman–Crippen LogP) is 5.45. The van der Waals surface area contributed by atoms with E-state index in [-0.39, 0.29) is 5.56 Å². The minimum Gasteiger partial charge on any atom is -0.274 e. The molecule has 2 heterocycles. The molecule has 0 saturated heterocycles. The first-order chi connectivity index (χ1) is 12.7. The van der Waals surface area contributed by atoms with Crippen LogP contribution in [0.5, 0.6) is 0 Å². The van der Waals surface area contributed by atoms with E-state index in [1.165, 1.54) is 0 Å². The SMILES string of the molecule is O=c1c2cc(Br)ccc2c2ccccc2n1-c1cccc2cccnc12. The number of fused-ring (bicyclic) bond motifs is 4. The molecular weight excluding hydrogens is 388 g/mol. The maximum atomic E-state index is 13.5. The van der Waals surface area contributed by atoms with Crippen LogP contribution in [-0.4, -0.2) is 9.55 Å². The van der Waals surface area contributed by atoms with E-state index in [9.17, 15) is 4.79 Å². The molecule has 0 bridgehead atoms. The second kappa shape index (κ2) is 5.78. The summed E-state index contributed by atoms with van der Waals surface area (Å²) in [6, 6.07) is 23.7. The molecule has 0 unspecified atom stereocenters. The fourth-order valence-corrected chi connectivity index (χ4v) is 3.92. The summed E-state index contributed by atoms with van der Waals surface area (Å²) in [5, 5.41) is 3.70. The summed E-state index contributed by atoms with van der Waals surface area (Å²) in [5.74, 6) is 0. The van der Waals surface area contributed by atoms with Gasteiger partial charge in [-0.3, -0.25) is 14.3 Å². The molecule has 0 N–H and O–H groups in total. The van der Waals surface area contributed by atoms with Crippen molar-refractivity contribution < 1.29 is 0 Å². The quantitative estimate of drug-likeness (QED) is 0.350. The number of rotatable bonds is 1. The molecule has 2 aromatic heterocycles. The number of pyridine rings is 2. The van der Waals surface area contributed by atoms with Crippen molar-refractivity contribution in [1.82, 2.24) is 9.55 Å². The number of hydrogen-bond donors (Lipinski definition) is 0. The van der Waals surface area contributed by atoms with Gasteiger partial charge in [-0.15, -0.1) is 0 Å². The summed E-state index contributed by atoms with van der Waals surface area (Å²) in [5.41, 5.74) is 2.45. The van der Waals surface area contributed by atoms with Gasteiger partial charge in [0, 0.05) is 26.8 Å². The number of benzene rings is 3. The highest BCUT2D eigenvalue weighted by molar-refractivity contribution is 9.10. The molecule has 4 heteroatoms. The zero-order valence-corrected chi connectivity index (χ0v) is 15.3. The normalized spacial score (nSPS) is 11.4. The second-order valence-electron chi connectivity index (χ2n) is 6.20. The summed E-state index contributed by atoms with van der Waals surface area (Å²) in [6.45, 7) is 0. The first-order valence-electron chi connectivity index (χ1n) is 8.31. The molecule has 5 aromatic rings. The summed E-state index contributed by atoms with van der Waals surface area (Å²) >= 11 is 3.49. The lowest BCUT2D eigenvalue weighted by Crippen LogP contribution is -2.19. The van der Waals surface area contributed by atoms with Gasteiger partial charge in [0.1, 0.15) is 0 Å². The Kier molecular flexibility index (Phi) is 3.40. The van der Waals surface area contributed by atoms with E-state index < -0.39 is 0 Å². The Balaban J connectivity index is 2.05. The lowest BCUT2D eigenvalue weighted by Gasteiger charge is -2.15. The van der Waals surface area contributed by atoms with Gasteiger partial charge in [-0.25, -0.2) is 0 Å². The van der Waals surface area contributed by atoms with E-state index >= 15 is 0 Å². The standard InChI is InChI=1S/C22H13BrN2O/c23-15-10-11-16-17-7-1-2-8-19(17)25(22(26)18(16)13-15)20-9-3-5-14-6-4-12-24-21(14)20/h1-13H. The van der Waals surface area contributed by atoms with E-state index in [1.54, 1.807) is 10.8 Å². The van der Waals surface area contributed by atoms with Gasteiger partial charge in [0.25, 0.3) is 5.56 Å². The lowest BCUT2D eigenvalue weighted by atomic mass is 10.1. The average molecular weight is 401 g/mol. The number of aromatic nitrogens is 2. The Morgan fingerprint density at radius 2 is 1.65 bits per heavy atom. The number of nitrogens with zero attached hydrogens (tertiary/aromatic N) is 2. The molecule has 0 atom stereocenters. The Morgan fingerprint density at radius 1 is 0.808 bits per heavy atom. The average Bonchev–Trinajstić information content (AvgIpc) is 2.68. The molecule has 0 saturated carbocycles. The van der Waals surface area contributed by atoms with Gasteiger partial charge in [-0.05, 0) is 35.7 Å². The minimum absolute atomic E-state index is 0.0434. The Hall–Kier alpha value is -2.98. The van der Waals surface area contributed by atoms with Crippen LogP contribution in [0.3, 0.4) is 0 Å².